The standard InChI is InChI=1S/C16H20N2O2Si/c1-21(2,3)7-6-13-4-5-14(17-9-13)18-10-16(8-15(18)19)11-20-12-16/h4-5,9H,8,10-12H2,1-3H3. The lowest BCUT2D eigenvalue weighted by Crippen LogP contribution is -2.44. The van der Waals surface area contributed by atoms with Crippen LogP contribution in [0.2, 0.25) is 19.6 Å². The van der Waals surface area contributed by atoms with Crippen molar-refractivity contribution in [2.45, 2.75) is 26.1 Å². The summed E-state index contributed by atoms with van der Waals surface area (Å²) in [5, 5.41) is 0. The minimum absolute atomic E-state index is 0.0368. The summed E-state index contributed by atoms with van der Waals surface area (Å²) in [7, 11) is -1.37. The molecule has 2 saturated heterocycles. The van der Waals surface area contributed by atoms with Crippen LogP contribution < -0.4 is 4.90 Å². The van der Waals surface area contributed by atoms with Crippen molar-refractivity contribution in [2.24, 2.45) is 5.41 Å². The summed E-state index contributed by atoms with van der Waals surface area (Å²) in [6, 6.07) is 3.84. The number of hydrogen-bond acceptors (Lipinski definition) is 3. The molecule has 0 aliphatic carbocycles. The molecule has 0 atom stereocenters. The van der Waals surface area contributed by atoms with Crippen LogP contribution in [0.25, 0.3) is 0 Å². The molecule has 1 aromatic heterocycles. The van der Waals surface area contributed by atoms with Crippen molar-refractivity contribution in [1.29, 1.82) is 0 Å². The van der Waals surface area contributed by atoms with Gasteiger partial charge >= 0.3 is 0 Å². The zero-order valence-corrected chi connectivity index (χ0v) is 13.8. The van der Waals surface area contributed by atoms with E-state index >= 15 is 0 Å². The minimum Gasteiger partial charge on any atom is -0.380 e. The van der Waals surface area contributed by atoms with Crippen LogP contribution >= 0.6 is 0 Å². The normalized spacial score (nSPS) is 20.1. The number of carbonyl (C=O) groups is 1. The second-order valence-electron chi connectivity index (χ2n) is 7.05. The first-order valence-corrected chi connectivity index (χ1v) is 10.7. The SMILES string of the molecule is C[Si](C)(C)C#Cc1ccc(N2CC3(COC3)CC2=O)nc1. The van der Waals surface area contributed by atoms with E-state index in [1.54, 1.807) is 11.1 Å². The van der Waals surface area contributed by atoms with Crippen molar-refractivity contribution in [3.63, 3.8) is 0 Å². The summed E-state index contributed by atoms with van der Waals surface area (Å²) < 4.78 is 5.26. The highest BCUT2D eigenvalue weighted by Gasteiger charge is 2.49. The van der Waals surface area contributed by atoms with Crippen molar-refractivity contribution >= 4 is 19.8 Å². The van der Waals surface area contributed by atoms with Gasteiger partial charge in [0.2, 0.25) is 5.91 Å². The van der Waals surface area contributed by atoms with Gasteiger partial charge in [0.05, 0.1) is 13.2 Å². The van der Waals surface area contributed by atoms with Crippen LogP contribution in [0.1, 0.15) is 12.0 Å². The van der Waals surface area contributed by atoms with Gasteiger partial charge in [-0.3, -0.25) is 9.69 Å². The van der Waals surface area contributed by atoms with Gasteiger partial charge in [0.1, 0.15) is 13.9 Å². The molecule has 1 spiro atoms. The van der Waals surface area contributed by atoms with Gasteiger partial charge in [-0.25, -0.2) is 4.98 Å². The van der Waals surface area contributed by atoms with Crippen LogP contribution in [0, 0.1) is 16.9 Å². The molecule has 2 fully saturated rings. The lowest BCUT2D eigenvalue weighted by atomic mass is 9.85. The molecule has 0 N–H and O–H groups in total. The molecule has 2 aliphatic rings. The molecule has 3 rings (SSSR count). The number of amides is 1. The van der Waals surface area contributed by atoms with Crippen molar-refractivity contribution in [2.75, 3.05) is 24.7 Å². The second-order valence-corrected chi connectivity index (χ2v) is 11.8. The molecule has 0 unspecified atom stereocenters. The Hall–Kier alpha value is -1.64. The Balaban J connectivity index is 1.75. The highest BCUT2D eigenvalue weighted by atomic mass is 28.3. The summed E-state index contributed by atoms with van der Waals surface area (Å²) in [6.45, 7) is 8.74. The lowest BCUT2D eigenvalue weighted by Gasteiger charge is -2.36. The van der Waals surface area contributed by atoms with Crippen LogP contribution in [0.4, 0.5) is 5.82 Å². The van der Waals surface area contributed by atoms with E-state index in [-0.39, 0.29) is 11.3 Å². The average Bonchev–Trinajstić information content (AvgIpc) is 2.74. The summed E-state index contributed by atoms with van der Waals surface area (Å²) in [6.07, 6.45) is 2.34. The summed E-state index contributed by atoms with van der Waals surface area (Å²) in [5.74, 6) is 4.05. The van der Waals surface area contributed by atoms with E-state index in [2.05, 4.69) is 36.1 Å². The van der Waals surface area contributed by atoms with Gasteiger partial charge in [0.15, 0.2) is 0 Å². The predicted molar refractivity (Wildman–Crippen MR) is 84.7 cm³/mol. The minimum atomic E-state index is -1.37. The Morgan fingerprint density at radius 3 is 2.57 bits per heavy atom. The van der Waals surface area contributed by atoms with E-state index in [0.717, 1.165) is 17.9 Å². The number of anilines is 1. The molecule has 110 valence electrons. The van der Waals surface area contributed by atoms with E-state index in [1.807, 2.05) is 12.1 Å². The highest BCUT2D eigenvalue weighted by molar-refractivity contribution is 6.83. The Labute approximate surface area is 126 Å². The van der Waals surface area contributed by atoms with Crippen molar-refractivity contribution < 1.29 is 9.53 Å². The number of aromatic nitrogens is 1. The number of hydrogen-bond donors (Lipinski definition) is 0. The molecular weight excluding hydrogens is 280 g/mol. The maximum Gasteiger partial charge on any atom is 0.228 e. The topological polar surface area (TPSA) is 42.4 Å². The molecule has 0 saturated carbocycles. The maximum atomic E-state index is 12.1. The molecule has 2 aliphatic heterocycles. The van der Waals surface area contributed by atoms with Crippen molar-refractivity contribution in [3.05, 3.63) is 23.9 Å². The number of ether oxygens (including phenoxy) is 1. The Kier molecular flexibility index (Phi) is 3.38. The molecule has 5 heteroatoms. The van der Waals surface area contributed by atoms with Gasteiger partial charge in [-0.2, -0.15) is 0 Å². The molecule has 21 heavy (non-hydrogen) atoms. The summed E-state index contributed by atoms with van der Waals surface area (Å²) in [4.78, 5) is 18.3. The van der Waals surface area contributed by atoms with Gasteiger partial charge in [0, 0.05) is 30.1 Å². The summed E-state index contributed by atoms with van der Waals surface area (Å²) >= 11 is 0. The number of rotatable bonds is 1. The smallest absolute Gasteiger partial charge is 0.228 e. The maximum absolute atomic E-state index is 12.1. The number of nitrogens with zero attached hydrogens (tertiary/aromatic N) is 2. The van der Waals surface area contributed by atoms with E-state index in [4.69, 9.17) is 4.74 Å². The van der Waals surface area contributed by atoms with E-state index in [1.165, 1.54) is 0 Å². The Morgan fingerprint density at radius 1 is 1.33 bits per heavy atom. The quantitative estimate of drug-likeness (QED) is 0.589. The Morgan fingerprint density at radius 2 is 2.10 bits per heavy atom. The van der Waals surface area contributed by atoms with Gasteiger partial charge < -0.3 is 4.74 Å². The Bertz CT molecular complexity index is 618. The number of carbonyl (C=O) groups excluding carboxylic acids is 1. The molecular formula is C16H20N2O2Si. The average molecular weight is 300 g/mol. The number of pyridine rings is 1. The first-order chi connectivity index (χ1) is 9.87. The largest absolute Gasteiger partial charge is 0.380 e. The van der Waals surface area contributed by atoms with Crippen molar-refractivity contribution in [1.82, 2.24) is 4.98 Å². The molecule has 0 bridgehead atoms. The van der Waals surface area contributed by atoms with E-state index in [0.29, 0.717) is 19.6 Å². The van der Waals surface area contributed by atoms with Crippen LogP contribution in [-0.2, 0) is 9.53 Å². The fraction of sp³-hybridized carbons (Fsp3) is 0.500. The first kappa shape index (κ1) is 14.3. The molecule has 0 aromatic carbocycles. The third-order valence-corrected chi connectivity index (χ3v) is 4.62. The van der Waals surface area contributed by atoms with Crippen LogP contribution in [0.5, 0.6) is 0 Å². The van der Waals surface area contributed by atoms with Gasteiger partial charge in [-0.1, -0.05) is 25.6 Å². The molecule has 1 amide bonds. The first-order valence-electron chi connectivity index (χ1n) is 7.24. The van der Waals surface area contributed by atoms with Gasteiger partial charge in [0.25, 0.3) is 0 Å². The second kappa shape index (κ2) is 4.97. The van der Waals surface area contributed by atoms with E-state index in [9.17, 15) is 4.79 Å². The van der Waals surface area contributed by atoms with Crippen molar-refractivity contribution in [3.8, 4) is 11.5 Å². The zero-order chi connectivity index (χ0) is 15.1. The third-order valence-electron chi connectivity index (χ3n) is 3.74. The fourth-order valence-corrected chi connectivity index (χ4v) is 3.09. The van der Waals surface area contributed by atoms with Crippen LogP contribution in [-0.4, -0.2) is 38.7 Å². The zero-order valence-electron chi connectivity index (χ0n) is 12.8. The van der Waals surface area contributed by atoms with Gasteiger partial charge in [-0.05, 0) is 12.1 Å². The predicted octanol–water partition coefficient (Wildman–Crippen LogP) is 2.06. The monoisotopic (exact) mass is 300 g/mol. The summed E-state index contributed by atoms with van der Waals surface area (Å²) in [5.41, 5.74) is 4.27. The lowest BCUT2D eigenvalue weighted by molar-refractivity contribution is -0.126. The molecule has 4 nitrogen and oxygen atoms in total. The molecule has 3 heterocycles. The van der Waals surface area contributed by atoms with E-state index < -0.39 is 8.07 Å². The van der Waals surface area contributed by atoms with Crippen LogP contribution in [0.3, 0.4) is 0 Å². The third kappa shape index (κ3) is 3.02. The van der Waals surface area contributed by atoms with Gasteiger partial charge in [-0.15, -0.1) is 5.54 Å². The highest BCUT2D eigenvalue weighted by Crippen LogP contribution is 2.39. The molecule has 0 radical (unpaired) electrons. The molecule has 1 aromatic rings. The fourth-order valence-electron chi connectivity index (χ4n) is 2.57. The van der Waals surface area contributed by atoms with Crippen LogP contribution in [0.15, 0.2) is 18.3 Å².